The maximum absolute atomic E-state index is 12.6. The molecule has 0 spiro atoms. The number of aryl methyl sites for hydroxylation is 2. The Labute approximate surface area is 155 Å². The minimum atomic E-state index is -3.74. The number of anilines is 1. The number of nitrogens with one attached hydrogen (secondary N) is 1. The molecule has 6 nitrogen and oxygen atoms in total. The van der Waals surface area contributed by atoms with Gasteiger partial charge < -0.3 is 9.26 Å². The third-order valence-electron chi connectivity index (χ3n) is 4.79. The van der Waals surface area contributed by atoms with Crippen LogP contribution in [0.25, 0.3) is 0 Å². The lowest BCUT2D eigenvalue weighted by Crippen LogP contribution is -2.21. The van der Waals surface area contributed by atoms with E-state index in [4.69, 9.17) is 9.26 Å². The first-order valence-electron chi connectivity index (χ1n) is 9.01. The van der Waals surface area contributed by atoms with Crippen LogP contribution in [-0.4, -0.2) is 19.7 Å². The normalized spacial score (nSPS) is 20.9. The summed E-state index contributed by atoms with van der Waals surface area (Å²) in [4.78, 5) is 0.0929. The lowest BCUT2D eigenvalue weighted by Gasteiger charge is -2.26. The molecule has 0 aliphatic heterocycles. The largest absolute Gasteiger partial charge is 0.374 e. The predicted octanol–water partition coefficient (Wildman–Crippen LogP) is 4.19. The SMILES string of the molecule is Cc1noc(C)c1S(=O)(=O)Nc1cccc(CO[C@H]2CCC[C@H](C)C2)c1. The Morgan fingerprint density at radius 2 is 2.12 bits per heavy atom. The van der Waals surface area contributed by atoms with E-state index in [0.717, 1.165) is 18.4 Å². The molecule has 1 aromatic carbocycles. The molecular formula is C19H26N2O4S. The molecule has 3 rings (SSSR count). The van der Waals surface area contributed by atoms with Crippen molar-refractivity contribution in [1.82, 2.24) is 5.16 Å². The number of hydrogen-bond donors (Lipinski definition) is 1. The second kappa shape index (κ2) is 7.80. The highest BCUT2D eigenvalue weighted by molar-refractivity contribution is 7.92. The number of nitrogens with zero attached hydrogens (tertiary/aromatic N) is 1. The highest BCUT2D eigenvalue weighted by Crippen LogP contribution is 2.27. The van der Waals surface area contributed by atoms with E-state index in [9.17, 15) is 8.42 Å². The van der Waals surface area contributed by atoms with Crippen molar-refractivity contribution < 1.29 is 17.7 Å². The maximum atomic E-state index is 12.6. The summed E-state index contributed by atoms with van der Waals surface area (Å²) in [5, 5.41) is 3.71. The van der Waals surface area contributed by atoms with Crippen molar-refractivity contribution in [2.75, 3.05) is 4.72 Å². The Bertz CT molecular complexity index is 841. The zero-order valence-electron chi connectivity index (χ0n) is 15.5. The molecule has 0 bridgehead atoms. The standard InChI is InChI=1S/C19H26N2O4S/c1-13-6-4-9-18(10-13)24-12-16-7-5-8-17(11-16)21-26(22,23)19-14(2)20-25-15(19)3/h5,7-8,11,13,18,21H,4,6,9-10,12H2,1-3H3/t13-,18-/m0/s1. The number of ether oxygens (including phenoxy) is 1. The van der Waals surface area contributed by atoms with Crippen LogP contribution >= 0.6 is 0 Å². The minimum absolute atomic E-state index is 0.0929. The summed E-state index contributed by atoms with van der Waals surface area (Å²) in [5.74, 6) is 0.989. The van der Waals surface area contributed by atoms with Crippen molar-refractivity contribution >= 4 is 15.7 Å². The quantitative estimate of drug-likeness (QED) is 0.815. The van der Waals surface area contributed by atoms with Crippen LogP contribution in [-0.2, 0) is 21.4 Å². The van der Waals surface area contributed by atoms with Gasteiger partial charge in [-0.15, -0.1) is 0 Å². The highest BCUT2D eigenvalue weighted by Gasteiger charge is 2.24. The first-order valence-corrected chi connectivity index (χ1v) is 10.5. The first-order chi connectivity index (χ1) is 12.3. The molecule has 2 atom stereocenters. The van der Waals surface area contributed by atoms with Crippen LogP contribution in [0.2, 0.25) is 0 Å². The molecule has 1 fully saturated rings. The summed E-state index contributed by atoms with van der Waals surface area (Å²) in [5.41, 5.74) is 1.80. The first kappa shape index (κ1) is 18.9. The lowest BCUT2D eigenvalue weighted by molar-refractivity contribution is 0.00469. The van der Waals surface area contributed by atoms with E-state index in [1.165, 1.54) is 12.8 Å². The van der Waals surface area contributed by atoms with Gasteiger partial charge in [-0.05, 0) is 50.3 Å². The van der Waals surface area contributed by atoms with Gasteiger partial charge in [0, 0.05) is 5.69 Å². The molecule has 7 heteroatoms. The molecule has 1 heterocycles. The van der Waals surface area contributed by atoms with Gasteiger partial charge in [-0.25, -0.2) is 8.42 Å². The van der Waals surface area contributed by atoms with Crippen LogP contribution in [0.3, 0.4) is 0 Å². The van der Waals surface area contributed by atoms with E-state index in [1.807, 2.05) is 18.2 Å². The molecular weight excluding hydrogens is 352 g/mol. The fraction of sp³-hybridized carbons (Fsp3) is 0.526. The van der Waals surface area contributed by atoms with Gasteiger partial charge in [0.15, 0.2) is 10.7 Å². The van der Waals surface area contributed by atoms with Crippen LogP contribution in [0.4, 0.5) is 5.69 Å². The van der Waals surface area contributed by atoms with Crippen molar-refractivity contribution in [2.45, 2.75) is 64.1 Å². The number of benzene rings is 1. The molecule has 1 aliphatic rings. The summed E-state index contributed by atoms with van der Waals surface area (Å²) in [7, 11) is -3.74. The molecule has 0 saturated heterocycles. The van der Waals surface area contributed by atoms with E-state index in [0.29, 0.717) is 30.0 Å². The summed E-state index contributed by atoms with van der Waals surface area (Å²) in [6.07, 6.45) is 4.98. The second-order valence-electron chi connectivity index (χ2n) is 7.16. The Morgan fingerprint density at radius 1 is 1.31 bits per heavy atom. The van der Waals surface area contributed by atoms with Crippen LogP contribution < -0.4 is 4.72 Å². The van der Waals surface area contributed by atoms with Gasteiger partial charge in [0.25, 0.3) is 10.0 Å². The van der Waals surface area contributed by atoms with Crippen LogP contribution in [0.5, 0.6) is 0 Å². The summed E-state index contributed by atoms with van der Waals surface area (Å²) >= 11 is 0. The second-order valence-corrected chi connectivity index (χ2v) is 8.78. The van der Waals surface area contributed by atoms with Gasteiger partial charge in [-0.2, -0.15) is 0 Å². The predicted molar refractivity (Wildman–Crippen MR) is 99.4 cm³/mol. The van der Waals surface area contributed by atoms with Gasteiger partial charge in [-0.1, -0.05) is 37.1 Å². The molecule has 1 aromatic heterocycles. The molecule has 0 radical (unpaired) electrons. The van der Waals surface area contributed by atoms with Crippen molar-refractivity contribution in [3.8, 4) is 0 Å². The Balaban J connectivity index is 1.67. The summed E-state index contributed by atoms with van der Waals surface area (Å²) < 4.78 is 38.8. The fourth-order valence-corrected chi connectivity index (χ4v) is 4.91. The number of aromatic nitrogens is 1. The molecule has 2 aromatic rings. The van der Waals surface area contributed by atoms with E-state index in [1.54, 1.807) is 19.9 Å². The third-order valence-corrected chi connectivity index (χ3v) is 6.41. The molecule has 0 amide bonds. The molecule has 1 aliphatic carbocycles. The summed E-state index contributed by atoms with van der Waals surface area (Å²) in [6, 6.07) is 7.30. The van der Waals surface area contributed by atoms with E-state index >= 15 is 0 Å². The van der Waals surface area contributed by atoms with Crippen molar-refractivity contribution in [2.24, 2.45) is 5.92 Å². The lowest BCUT2D eigenvalue weighted by atomic mass is 9.89. The zero-order chi connectivity index (χ0) is 18.7. The minimum Gasteiger partial charge on any atom is -0.374 e. The molecule has 142 valence electrons. The zero-order valence-corrected chi connectivity index (χ0v) is 16.3. The maximum Gasteiger partial charge on any atom is 0.267 e. The number of sulfonamides is 1. The topological polar surface area (TPSA) is 81.4 Å². The van der Waals surface area contributed by atoms with Gasteiger partial charge in [0.05, 0.1) is 12.7 Å². The highest BCUT2D eigenvalue weighted by atomic mass is 32.2. The Hall–Kier alpha value is -1.86. The van der Waals surface area contributed by atoms with Crippen LogP contribution in [0.15, 0.2) is 33.7 Å². The molecule has 1 N–H and O–H groups in total. The monoisotopic (exact) mass is 378 g/mol. The fourth-order valence-electron chi connectivity index (χ4n) is 3.53. The molecule has 26 heavy (non-hydrogen) atoms. The van der Waals surface area contributed by atoms with E-state index in [-0.39, 0.29) is 10.7 Å². The smallest absolute Gasteiger partial charge is 0.267 e. The van der Waals surface area contributed by atoms with Crippen molar-refractivity contribution in [3.63, 3.8) is 0 Å². The molecule has 1 saturated carbocycles. The van der Waals surface area contributed by atoms with E-state index < -0.39 is 10.0 Å². The number of hydrogen-bond acceptors (Lipinski definition) is 5. The Kier molecular flexibility index (Phi) is 5.67. The van der Waals surface area contributed by atoms with Gasteiger partial charge in [0.2, 0.25) is 0 Å². The van der Waals surface area contributed by atoms with Crippen molar-refractivity contribution in [1.29, 1.82) is 0 Å². The Morgan fingerprint density at radius 3 is 2.81 bits per heavy atom. The van der Waals surface area contributed by atoms with Crippen molar-refractivity contribution in [3.05, 3.63) is 41.3 Å². The summed E-state index contributed by atoms with van der Waals surface area (Å²) in [6.45, 7) is 5.95. The average molecular weight is 378 g/mol. The van der Waals surface area contributed by atoms with Crippen LogP contribution in [0, 0.1) is 19.8 Å². The van der Waals surface area contributed by atoms with Crippen LogP contribution in [0.1, 0.15) is 49.6 Å². The van der Waals surface area contributed by atoms with Gasteiger partial charge >= 0.3 is 0 Å². The average Bonchev–Trinajstić information content (AvgIpc) is 2.92. The van der Waals surface area contributed by atoms with Gasteiger partial charge in [0.1, 0.15) is 5.69 Å². The number of rotatable bonds is 6. The third kappa shape index (κ3) is 4.45. The van der Waals surface area contributed by atoms with E-state index in [2.05, 4.69) is 16.8 Å². The molecule has 0 unspecified atom stereocenters. The van der Waals surface area contributed by atoms with Gasteiger partial charge in [-0.3, -0.25) is 4.72 Å².